The molecule has 0 spiro atoms. The van der Waals surface area contributed by atoms with Crippen LogP contribution < -0.4 is 5.32 Å². The Labute approximate surface area is 128 Å². The molecule has 1 saturated carbocycles. The third-order valence-electron chi connectivity index (χ3n) is 3.69. The number of furan rings is 1. The minimum atomic E-state index is -0.275. The normalized spacial score (nSPS) is 14.0. The van der Waals surface area contributed by atoms with Crippen LogP contribution in [0, 0.1) is 5.82 Å². The molecule has 3 rings (SSSR count). The zero-order valence-electron chi connectivity index (χ0n) is 12.3. The molecule has 0 bridgehead atoms. The van der Waals surface area contributed by atoms with E-state index in [9.17, 15) is 9.18 Å². The summed E-state index contributed by atoms with van der Waals surface area (Å²) in [5.41, 5.74) is 0.896. The van der Waals surface area contributed by atoms with Gasteiger partial charge in [-0.3, -0.25) is 4.79 Å². The van der Waals surface area contributed by atoms with Gasteiger partial charge in [0.2, 0.25) is 5.91 Å². The van der Waals surface area contributed by atoms with Crippen LogP contribution in [-0.4, -0.2) is 23.4 Å². The van der Waals surface area contributed by atoms with Crippen molar-refractivity contribution in [3.05, 3.63) is 59.8 Å². The molecule has 1 amide bonds. The number of nitrogens with zero attached hydrogens (tertiary/aromatic N) is 1. The zero-order chi connectivity index (χ0) is 15.4. The number of amides is 1. The Balaban J connectivity index is 1.66. The fraction of sp³-hybridized carbons (Fsp3) is 0.353. The molecule has 0 saturated heterocycles. The van der Waals surface area contributed by atoms with Crippen LogP contribution in [0.25, 0.3) is 0 Å². The fourth-order valence-electron chi connectivity index (χ4n) is 2.26. The molecule has 1 heterocycles. The van der Waals surface area contributed by atoms with Crippen LogP contribution in [0.2, 0.25) is 0 Å². The van der Waals surface area contributed by atoms with Gasteiger partial charge in [0.25, 0.3) is 0 Å². The smallest absolute Gasteiger partial charge is 0.237 e. The summed E-state index contributed by atoms with van der Waals surface area (Å²) >= 11 is 0. The highest BCUT2D eigenvalue weighted by molar-refractivity contribution is 5.78. The van der Waals surface area contributed by atoms with Gasteiger partial charge >= 0.3 is 0 Å². The molecule has 0 radical (unpaired) electrons. The van der Waals surface area contributed by atoms with Crippen molar-refractivity contribution in [2.45, 2.75) is 32.0 Å². The molecular formula is C17H19FN2O2. The summed E-state index contributed by atoms with van der Waals surface area (Å²) < 4.78 is 18.3. The lowest BCUT2D eigenvalue weighted by molar-refractivity contribution is -0.131. The number of hydrogen-bond donors (Lipinski definition) is 1. The van der Waals surface area contributed by atoms with Crippen LogP contribution in [0.4, 0.5) is 4.39 Å². The summed E-state index contributed by atoms with van der Waals surface area (Å²) in [4.78, 5) is 14.1. The molecule has 1 aliphatic rings. The van der Waals surface area contributed by atoms with Gasteiger partial charge in [0.05, 0.1) is 19.4 Å². The molecular weight excluding hydrogens is 283 g/mol. The number of rotatable bonds is 7. The number of benzene rings is 1. The monoisotopic (exact) mass is 302 g/mol. The van der Waals surface area contributed by atoms with Gasteiger partial charge < -0.3 is 14.6 Å². The summed E-state index contributed by atoms with van der Waals surface area (Å²) in [5, 5.41) is 3.23. The van der Waals surface area contributed by atoms with Gasteiger partial charge in [0.1, 0.15) is 11.6 Å². The second kappa shape index (κ2) is 6.75. The van der Waals surface area contributed by atoms with E-state index in [4.69, 9.17) is 4.42 Å². The van der Waals surface area contributed by atoms with E-state index in [2.05, 4.69) is 5.32 Å². The fourth-order valence-corrected chi connectivity index (χ4v) is 2.26. The molecule has 0 aliphatic heterocycles. The van der Waals surface area contributed by atoms with Crippen molar-refractivity contribution in [1.29, 1.82) is 0 Å². The van der Waals surface area contributed by atoms with Gasteiger partial charge in [-0.05, 0) is 42.7 Å². The van der Waals surface area contributed by atoms with E-state index in [1.807, 2.05) is 6.07 Å². The lowest BCUT2D eigenvalue weighted by Crippen LogP contribution is -2.38. The highest BCUT2D eigenvalue weighted by Gasteiger charge is 2.23. The Morgan fingerprint density at radius 3 is 2.64 bits per heavy atom. The standard InChI is InChI=1S/C17H19FN2O2/c18-14-5-3-13(4-6-14)11-20(12-16-2-1-9-22-16)17(21)10-19-15-7-8-15/h1-6,9,15,19H,7-8,10-12H2. The van der Waals surface area contributed by atoms with Gasteiger partial charge in [-0.1, -0.05) is 12.1 Å². The second-order valence-electron chi connectivity index (χ2n) is 5.61. The second-order valence-corrected chi connectivity index (χ2v) is 5.61. The first-order valence-electron chi connectivity index (χ1n) is 7.49. The largest absolute Gasteiger partial charge is 0.467 e. The Kier molecular flexibility index (Phi) is 4.53. The lowest BCUT2D eigenvalue weighted by atomic mass is 10.2. The number of halogens is 1. The summed E-state index contributed by atoms with van der Waals surface area (Å²) in [7, 11) is 0. The van der Waals surface area contributed by atoms with Gasteiger partial charge in [-0.25, -0.2) is 4.39 Å². The first-order chi connectivity index (χ1) is 10.7. The minimum absolute atomic E-state index is 0.0209. The van der Waals surface area contributed by atoms with Crippen LogP contribution >= 0.6 is 0 Å². The summed E-state index contributed by atoms with van der Waals surface area (Å²) in [5.74, 6) is 0.484. The van der Waals surface area contributed by atoms with Crippen molar-refractivity contribution in [3.8, 4) is 0 Å². The number of nitrogens with one attached hydrogen (secondary N) is 1. The van der Waals surface area contributed by atoms with Gasteiger partial charge in [-0.15, -0.1) is 0 Å². The lowest BCUT2D eigenvalue weighted by Gasteiger charge is -2.22. The van der Waals surface area contributed by atoms with E-state index in [-0.39, 0.29) is 11.7 Å². The van der Waals surface area contributed by atoms with Gasteiger partial charge in [0.15, 0.2) is 0 Å². The molecule has 1 fully saturated rings. The predicted octanol–water partition coefficient (Wildman–Crippen LogP) is 2.70. The molecule has 2 aromatic rings. The van der Waals surface area contributed by atoms with Crippen molar-refractivity contribution < 1.29 is 13.6 Å². The highest BCUT2D eigenvalue weighted by Crippen LogP contribution is 2.18. The Morgan fingerprint density at radius 1 is 1.23 bits per heavy atom. The molecule has 0 atom stereocenters. The SMILES string of the molecule is O=C(CNC1CC1)N(Cc1ccc(F)cc1)Cc1ccco1. The maximum Gasteiger partial charge on any atom is 0.237 e. The van der Waals surface area contributed by atoms with E-state index >= 15 is 0 Å². The van der Waals surface area contributed by atoms with Crippen molar-refractivity contribution in [2.75, 3.05) is 6.54 Å². The van der Waals surface area contributed by atoms with Crippen LogP contribution in [0.3, 0.4) is 0 Å². The van der Waals surface area contributed by atoms with Crippen LogP contribution in [0.15, 0.2) is 47.1 Å². The highest BCUT2D eigenvalue weighted by atomic mass is 19.1. The van der Waals surface area contributed by atoms with E-state index < -0.39 is 0 Å². The van der Waals surface area contributed by atoms with Crippen molar-refractivity contribution in [3.63, 3.8) is 0 Å². The molecule has 4 nitrogen and oxygen atoms in total. The molecule has 1 aliphatic carbocycles. The van der Waals surface area contributed by atoms with Crippen LogP contribution in [-0.2, 0) is 17.9 Å². The maximum absolute atomic E-state index is 13.0. The number of carbonyl (C=O) groups is 1. The van der Waals surface area contributed by atoms with E-state index in [0.29, 0.717) is 25.7 Å². The van der Waals surface area contributed by atoms with E-state index in [1.165, 1.54) is 12.1 Å². The zero-order valence-corrected chi connectivity index (χ0v) is 12.3. The van der Waals surface area contributed by atoms with Crippen molar-refractivity contribution in [1.82, 2.24) is 10.2 Å². The molecule has 22 heavy (non-hydrogen) atoms. The molecule has 1 aromatic heterocycles. The topological polar surface area (TPSA) is 45.5 Å². The Morgan fingerprint density at radius 2 is 2.00 bits per heavy atom. The Hall–Kier alpha value is -2.14. The van der Waals surface area contributed by atoms with Crippen molar-refractivity contribution in [2.24, 2.45) is 0 Å². The average Bonchev–Trinajstić information content (AvgIpc) is 3.21. The van der Waals surface area contributed by atoms with Gasteiger partial charge in [-0.2, -0.15) is 0 Å². The number of hydrogen-bond acceptors (Lipinski definition) is 3. The Bertz CT molecular complexity index is 606. The first kappa shape index (κ1) is 14.8. The minimum Gasteiger partial charge on any atom is -0.467 e. The van der Waals surface area contributed by atoms with E-state index in [0.717, 1.165) is 24.2 Å². The average molecular weight is 302 g/mol. The van der Waals surface area contributed by atoms with E-state index in [1.54, 1.807) is 29.4 Å². The molecule has 1 aromatic carbocycles. The first-order valence-corrected chi connectivity index (χ1v) is 7.49. The molecule has 0 unspecified atom stereocenters. The van der Waals surface area contributed by atoms with Crippen molar-refractivity contribution >= 4 is 5.91 Å². The summed E-state index contributed by atoms with van der Waals surface area (Å²) in [6.45, 7) is 1.17. The van der Waals surface area contributed by atoms with Crippen LogP contribution in [0.1, 0.15) is 24.2 Å². The third-order valence-corrected chi connectivity index (χ3v) is 3.69. The quantitative estimate of drug-likeness (QED) is 0.855. The predicted molar refractivity (Wildman–Crippen MR) is 80.4 cm³/mol. The number of carbonyl (C=O) groups excluding carboxylic acids is 1. The summed E-state index contributed by atoms with van der Waals surface area (Å²) in [6, 6.07) is 10.4. The third kappa shape index (κ3) is 4.18. The molecule has 5 heteroatoms. The van der Waals surface area contributed by atoms with Crippen LogP contribution in [0.5, 0.6) is 0 Å². The summed E-state index contributed by atoms with van der Waals surface area (Å²) in [6.07, 6.45) is 3.88. The molecule has 1 N–H and O–H groups in total. The molecule has 116 valence electrons. The van der Waals surface area contributed by atoms with Gasteiger partial charge in [0, 0.05) is 12.6 Å². The maximum atomic E-state index is 13.0.